The first-order valence-corrected chi connectivity index (χ1v) is 20.5. The van der Waals surface area contributed by atoms with E-state index < -0.39 is 12.6 Å². The SMILES string of the molecule is N#Cc1cc(C#N)cc(-c2ccc3c(c2)N(c2ccccc2)c2ccccc2C32c3ccccc3P(=O)(c3ccccc3)c3cc4oc5ccccc5c4cc32)c1. The van der Waals surface area contributed by atoms with Crippen molar-refractivity contribution in [3.05, 3.63) is 215 Å². The molecule has 57 heavy (non-hydrogen) atoms. The normalized spacial score (nSPS) is 17.6. The Bertz CT molecular complexity index is 3230. The lowest BCUT2D eigenvalue weighted by Gasteiger charge is -2.50. The van der Waals surface area contributed by atoms with Gasteiger partial charge in [-0.25, -0.2) is 0 Å². The molecular formula is C51H30N3O2P. The van der Waals surface area contributed by atoms with Crippen molar-refractivity contribution in [3.63, 3.8) is 0 Å². The minimum absolute atomic E-state index is 0.423. The second-order valence-corrected chi connectivity index (χ2v) is 17.3. The zero-order valence-electron chi connectivity index (χ0n) is 30.4. The average Bonchev–Trinajstić information content (AvgIpc) is 3.65. The molecule has 3 heterocycles. The van der Waals surface area contributed by atoms with E-state index in [0.29, 0.717) is 16.7 Å². The van der Waals surface area contributed by atoms with E-state index in [2.05, 4.69) is 95.9 Å². The first-order chi connectivity index (χ1) is 28.0. The lowest BCUT2D eigenvalue weighted by atomic mass is 9.61. The quantitative estimate of drug-likeness (QED) is 0.168. The molecule has 0 amide bonds. The highest BCUT2D eigenvalue weighted by atomic mass is 31.2. The van der Waals surface area contributed by atoms with Crippen molar-refractivity contribution in [2.45, 2.75) is 5.41 Å². The Kier molecular flexibility index (Phi) is 7.10. The highest BCUT2D eigenvalue weighted by Crippen LogP contribution is 2.63. The Morgan fingerprint density at radius 1 is 0.491 bits per heavy atom. The fraction of sp³-hybridized carbons (Fsp3) is 0.0196. The molecule has 6 heteroatoms. The highest BCUT2D eigenvalue weighted by Gasteiger charge is 2.55. The second kappa shape index (κ2) is 12.3. The molecule has 8 aromatic carbocycles. The Hall–Kier alpha value is -7.43. The molecule has 2 aliphatic heterocycles. The Balaban J connectivity index is 1.33. The molecule has 5 nitrogen and oxygen atoms in total. The van der Waals surface area contributed by atoms with Gasteiger partial charge in [-0.2, -0.15) is 10.5 Å². The van der Waals surface area contributed by atoms with E-state index in [0.717, 1.165) is 82.7 Å². The summed E-state index contributed by atoms with van der Waals surface area (Å²) in [7, 11) is -3.49. The summed E-state index contributed by atoms with van der Waals surface area (Å²) in [5.41, 5.74) is 9.93. The third-order valence-electron chi connectivity index (χ3n) is 11.7. The topological polar surface area (TPSA) is 81.0 Å². The van der Waals surface area contributed by atoms with E-state index in [1.54, 1.807) is 6.07 Å². The van der Waals surface area contributed by atoms with Crippen LogP contribution in [0.3, 0.4) is 0 Å². The van der Waals surface area contributed by atoms with Crippen LogP contribution in [-0.2, 0) is 9.98 Å². The van der Waals surface area contributed by atoms with E-state index in [9.17, 15) is 10.5 Å². The molecular weight excluding hydrogens is 718 g/mol. The predicted octanol–water partition coefficient (Wildman–Crippen LogP) is 11.1. The van der Waals surface area contributed by atoms with Crippen molar-refractivity contribution < 1.29 is 8.98 Å². The molecule has 1 aromatic heterocycles. The van der Waals surface area contributed by atoms with Gasteiger partial charge in [-0.15, -0.1) is 0 Å². The molecule has 0 saturated carbocycles. The zero-order valence-corrected chi connectivity index (χ0v) is 31.3. The van der Waals surface area contributed by atoms with Gasteiger partial charge in [0.05, 0.1) is 40.1 Å². The van der Waals surface area contributed by atoms with Gasteiger partial charge < -0.3 is 13.9 Å². The fourth-order valence-corrected chi connectivity index (χ4v) is 12.6. The predicted molar refractivity (Wildman–Crippen MR) is 228 cm³/mol. The van der Waals surface area contributed by atoms with E-state index in [4.69, 9.17) is 4.42 Å². The first-order valence-electron chi connectivity index (χ1n) is 18.8. The maximum atomic E-state index is 16.5. The number of nitrogens with zero attached hydrogens (tertiary/aromatic N) is 3. The largest absolute Gasteiger partial charge is 0.456 e. The molecule has 0 radical (unpaired) electrons. The van der Waals surface area contributed by atoms with Crippen molar-refractivity contribution in [1.82, 2.24) is 0 Å². The molecule has 266 valence electrons. The van der Waals surface area contributed by atoms with Crippen molar-refractivity contribution in [2.24, 2.45) is 0 Å². The van der Waals surface area contributed by atoms with Crippen LogP contribution < -0.4 is 20.8 Å². The highest BCUT2D eigenvalue weighted by molar-refractivity contribution is 7.85. The van der Waals surface area contributed by atoms with Gasteiger partial charge >= 0.3 is 0 Å². The van der Waals surface area contributed by atoms with Gasteiger partial charge in [-0.3, -0.25) is 0 Å². The molecule has 2 atom stereocenters. The number of benzene rings is 8. The minimum atomic E-state index is -3.49. The average molecular weight is 748 g/mol. The molecule has 0 aliphatic carbocycles. The summed E-state index contributed by atoms with van der Waals surface area (Å²) in [5.74, 6) is 0. The second-order valence-electron chi connectivity index (χ2n) is 14.6. The minimum Gasteiger partial charge on any atom is -0.456 e. The lowest BCUT2D eigenvalue weighted by Crippen LogP contribution is -2.49. The maximum absolute atomic E-state index is 16.5. The maximum Gasteiger partial charge on any atom is 0.171 e. The number of rotatable bonds is 3. The van der Waals surface area contributed by atoms with E-state index >= 15 is 4.57 Å². The summed E-state index contributed by atoms with van der Waals surface area (Å²) in [6.45, 7) is 0. The third kappa shape index (κ3) is 4.53. The van der Waals surface area contributed by atoms with E-state index in [1.165, 1.54) is 0 Å². The van der Waals surface area contributed by atoms with E-state index in [1.807, 2.05) is 97.1 Å². The molecule has 11 rings (SSSR count). The van der Waals surface area contributed by atoms with Crippen LogP contribution in [0.15, 0.2) is 186 Å². The van der Waals surface area contributed by atoms with Gasteiger partial charge in [0.1, 0.15) is 11.2 Å². The summed E-state index contributed by atoms with van der Waals surface area (Å²) in [5, 5.41) is 24.1. The van der Waals surface area contributed by atoms with Crippen LogP contribution >= 0.6 is 7.14 Å². The van der Waals surface area contributed by atoms with Crippen molar-refractivity contribution in [2.75, 3.05) is 4.90 Å². The fourth-order valence-electron chi connectivity index (χ4n) is 9.41. The summed E-state index contributed by atoms with van der Waals surface area (Å²) in [4.78, 5) is 2.30. The van der Waals surface area contributed by atoms with Crippen LogP contribution in [0.5, 0.6) is 0 Å². The molecule has 0 fully saturated rings. The summed E-state index contributed by atoms with van der Waals surface area (Å²) in [6.07, 6.45) is 0. The number of hydrogen-bond donors (Lipinski definition) is 0. The van der Waals surface area contributed by atoms with Gasteiger partial charge in [0.2, 0.25) is 0 Å². The molecule has 0 bridgehead atoms. The van der Waals surface area contributed by atoms with Crippen LogP contribution in [0.25, 0.3) is 33.1 Å². The van der Waals surface area contributed by atoms with Crippen molar-refractivity contribution in [3.8, 4) is 23.3 Å². The Morgan fingerprint density at radius 3 is 1.91 bits per heavy atom. The zero-order chi connectivity index (χ0) is 38.3. The van der Waals surface area contributed by atoms with Gasteiger partial charge in [-0.05, 0) is 94.0 Å². The van der Waals surface area contributed by atoms with Gasteiger partial charge in [0, 0.05) is 32.4 Å². The molecule has 0 saturated heterocycles. The number of para-hydroxylation sites is 3. The van der Waals surface area contributed by atoms with Crippen LogP contribution in [0.4, 0.5) is 17.1 Å². The lowest BCUT2D eigenvalue weighted by molar-refractivity contribution is 0.590. The van der Waals surface area contributed by atoms with Gasteiger partial charge in [0.25, 0.3) is 0 Å². The van der Waals surface area contributed by atoms with Crippen LogP contribution in [0.1, 0.15) is 33.4 Å². The monoisotopic (exact) mass is 747 g/mol. The smallest absolute Gasteiger partial charge is 0.171 e. The number of nitriles is 2. The standard InChI is InChI=1S/C51H30N3O2P/c52-31-33-25-34(32-53)27-36(26-33)35-23-24-42-46(28-35)54(37-13-3-1-4-14-37)45-20-10-8-18-41(45)51(42)43-19-9-12-22-49(43)57(55,38-15-5-2-6-16-38)50-30-48-40(29-44(50)51)39-17-7-11-21-47(39)56-48/h1-30H. The van der Waals surface area contributed by atoms with Crippen LogP contribution in [0, 0.1) is 22.7 Å². The molecule has 0 N–H and O–H groups in total. The van der Waals surface area contributed by atoms with Gasteiger partial charge in [-0.1, -0.05) is 121 Å². The van der Waals surface area contributed by atoms with Gasteiger partial charge in [0.15, 0.2) is 7.14 Å². The Morgan fingerprint density at radius 2 is 1.14 bits per heavy atom. The van der Waals surface area contributed by atoms with Crippen molar-refractivity contribution >= 4 is 62.1 Å². The summed E-state index contributed by atoms with van der Waals surface area (Å²) >= 11 is 0. The van der Waals surface area contributed by atoms with Crippen LogP contribution in [-0.4, -0.2) is 0 Å². The number of hydrogen-bond acceptors (Lipinski definition) is 5. The molecule has 2 aliphatic rings. The summed E-state index contributed by atoms with van der Waals surface area (Å²) < 4.78 is 23.1. The Labute approximate surface area is 329 Å². The summed E-state index contributed by atoms with van der Waals surface area (Å²) in [6, 6.07) is 65.6. The van der Waals surface area contributed by atoms with Crippen LogP contribution in [0.2, 0.25) is 0 Å². The number of fused-ring (bicyclic) bond motifs is 11. The number of furan rings is 1. The third-order valence-corrected chi connectivity index (χ3v) is 14.9. The van der Waals surface area contributed by atoms with E-state index in [-0.39, 0.29) is 0 Å². The molecule has 9 aromatic rings. The first kappa shape index (κ1) is 33.0. The molecule has 2 unspecified atom stereocenters. The number of anilines is 3. The molecule has 1 spiro atoms. The van der Waals surface area contributed by atoms with Crippen molar-refractivity contribution in [1.29, 1.82) is 10.5 Å².